The molecular formula is C23H29F3N10O. The van der Waals surface area contributed by atoms with Crippen LogP contribution in [-0.2, 0) is 4.79 Å². The van der Waals surface area contributed by atoms with Gasteiger partial charge in [-0.25, -0.2) is 28.2 Å². The van der Waals surface area contributed by atoms with E-state index in [4.69, 9.17) is 5.53 Å². The van der Waals surface area contributed by atoms with Crippen LogP contribution >= 0.6 is 0 Å². The molecule has 0 saturated carbocycles. The van der Waals surface area contributed by atoms with Crippen molar-refractivity contribution in [2.45, 2.75) is 51.9 Å². The number of alkyl halides is 3. The fourth-order valence-corrected chi connectivity index (χ4v) is 4.18. The van der Waals surface area contributed by atoms with E-state index in [-0.39, 0.29) is 35.9 Å². The number of hydrogen-bond acceptors (Lipinski definition) is 9. The summed E-state index contributed by atoms with van der Waals surface area (Å²) in [6.45, 7) is 5.13. The summed E-state index contributed by atoms with van der Waals surface area (Å²) in [7, 11) is 0. The maximum Gasteiger partial charge on any atom is 0.255 e. The summed E-state index contributed by atoms with van der Waals surface area (Å²) in [6.07, 6.45) is -1.76. The van der Waals surface area contributed by atoms with Crippen LogP contribution in [0.25, 0.3) is 16.8 Å². The number of fused-ring (bicyclic) bond motifs is 1. The number of amides is 1. The number of pyridine rings is 1. The second kappa shape index (κ2) is 11.0. The van der Waals surface area contributed by atoms with Crippen molar-refractivity contribution < 1.29 is 18.0 Å². The number of carbonyl (C=O) groups excluding carboxylic acids is 1. The first-order valence-corrected chi connectivity index (χ1v) is 11.9. The van der Waals surface area contributed by atoms with Crippen molar-refractivity contribution in [3.63, 3.8) is 0 Å². The lowest BCUT2D eigenvalue weighted by atomic mass is 10.0. The van der Waals surface area contributed by atoms with E-state index < -0.39 is 25.2 Å². The maximum absolute atomic E-state index is 14.8. The summed E-state index contributed by atoms with van der Waals surface area (Å²) in [5.74, 6) is 0.600. The van der Waals surface area contributed by atoms with Crippen LogP contribution < -0.4 is 16.0 Å². The monoisotopic (exact) mass is 518 g/mol. The Kier molecular flexibility index (Phi) is 7.74. The van der Waals surface area contributed by atoms with Crippen LogP contribution in [0.3, 0.4) is 0 Å². The summed E-state index contributed by atoms with van der Waals surface area (Å²) < 4.78 is 41.9. The van der Waals surface area contributed by atoms with Crippen LogP contribution in [-0.4, -0.2) is 74.7 Å². The average molecular weight is 519 g/mol. The Morgan fingerprint density at radius 2 is 2.03 bits per heavy atom. The first-order chi connectivity index (χ1) is 17.7. The van der Waals surface area contributed by atoms with Crippen molar-refractivity contribution in [1.29, 1.82) is 5.53 Å². The molecule has 3 aromatic rings. The highest BCUT2D eigenvalue weighted by atomic mass is 19.3. The summed E-state index contributed by atoms with van der Waals surface area (Å²) >= 11 is 0. The summed E-state index contributed by atoms with van der Waals surface area (Å²) in [4.78, 5) is 22.1. The number of carbonyl (C=O) groups is 1. The van der Waals surface area contributed by atoms with E-state index in [9.17, 15) is 18.0 Å². The molecule has 198 valence electrons. The smallest absolute Gasteiger partial charge is 0.255 e. The molecule has 0 radical (unpaired) electrons. The predicted octanol–water partition coefficient (Wildman–Crippen LogP) is 4.32. The number of nitrogens with zero attached hydrogens (tertiary/aromatic N) is 6. The fraction of sp³-hybridized carbons (Fsp3) is 0.478. The van der Waals surface area contributed by atoms with Crippen molar-refractivity contribution in [2.75, 3.05) is 35.6 Å². The van der Waals surface area contributed by atoms with Gasteiger partial charge in [-0.2, -0.15) is 10.1 Å². The number of aromatic nitrogens is 4. The molecule has 0 bridgehead atoms. The van der Waals surface area contributed by atoms with E-state index in [1.54, 1.807) is 22.8 Å². The summed E-state index contributed by atoms with van der Waals surface area (Å²) in [5, 5.41) is 16.7. The quantitative estimate of drug-likeness (QED) is 0.310. The van der Waals surface area contributed by atoms with Gasteiger partial charge >= 0.3 is 0 Å². The SMILES string of the molecule is CC(=O)N1CC[C@H](Nc2nc(NC(C)C)c3c(-c4ccc(N=N)c(NCC(F)F)n4)ccn3n2)[C@H](F)C1. The van der Waals surface area contributed by atoms with Crippen molar-refractivity contribution >= 4 is 34.7 Å². The van der Waals surface area contributed by atoms with Gasteiger partial charge < -0.3 is 20.9 Å². The minimum Gasteiger partial charge on any atom is -0.366 e. The molecule has 1 fully saturated rings. The van der Waals surface area contributed by atoms with Gasteiger partial charge in [-0.05, 0) is 38.5 Å². The lowest BCUT2D eigenvalue weighted by molar-refractivity contribution is -0.131. The van der Waals surface area contributed by atoms with Gasteiger partial charge in [0, 0.05) is 31.3 Å². The molecule has 11 nitrogen and oxygen atoms in total. The van der Waals surface area contributed by atoms with Gasteiger partial charge in [0.15, 0.2) is 11.6 Å². The zero-order chi connectivity index (χ0) is 26.7. The number of halogens is 3. The molecule has 1 aliphatic rings. The molecule has 0 aromatic carbocycles. The Bertz CT molecular complexity index is 1280. The molecule has 4 heterocycles. The van der Waals surface area contributed by atoms with E-state index >= 15 is 0 Å². The molecular weight excluding hydrogens is 489 g/mol. The van der Waals surface area contributed by atoms with Crippen LogP contribution in [0, 0.1) is 5.53 Å². The molecule has 0 spiro atoms. The third-order valence-electron chi connectivity index (χ3n) is 5.93. The molecule has 3 aromatic heterocycles. The van der Waals surface area contributed by atoms with E-state index in [0.717, 1.165) is 0 Å². The molecule has 4 N–H and O–H groups in total. The summed E-state index contributed by atoms with van der Waals surface area (Å²) in [5.41, 5.74) is 9.10. The highest BCUT2D eigenvalue weighted by Crippen LogP contribution is 2.33. The topological polar surface area (TPSA) is 136 Å². The Morgan fingerprint density at radius 3 is 2.68 bits per heavy atom. The van der Waals surface area contributed by atoms with Crippen molar-refractivity contribution in [3.05, 3.63) is 24.4 Å². The van der Waals surface area contributed by atoms with Gasteiger partial charge in [0.1, 0.15) is 17.4 Å². The maximum atomic E-state index is 14.8. The van der Waals surface area contributed by atoms with E-state index in [0.29, 0.717) is 35.6 Å². The minimum atomic E-state index is -2.60. The third kappa shape index (κ3) is 5.89. The number of piperidine rings is 1. The molecule has 2 atom stereocenters. The highest BCUT2D eigenvalue weighted by molar-refractivity contribution is 5.88. The van der Waals surface area contributed by atoms with Crippen molar-refractivity contribution in [1.82, 2.24) is 24.5 Å². The highest BCUT2D eigenvalue weighted by Gasteiger charge is 2.31. The summed E-state index contributed by atoms with van der Waals surface area (Å²) in [6, 6.07) is 4.37. The van der Waals surface area contributed by atoms with Gasteiger partial charge in [0.2, 0.25) is 11.9 Å². The predicted molar refractivity (Wildman–Crippen MR) is 133 cm³/mol. The zero-order valence-corrected chi connectivity index (χ0v) is 20.7. The number of rotatable bonds is 9. The lowest BCUT2D eigenvalue weighted by Gasteiger charge is -2.34. The van der Waals surface area contributed by atoms with Crippen LogP contribution in [0.5, 0.6) is 0 Å². The number of likely N-dealkylation sites (tertiary alicyclic amines) is 1. The fourth-order valence-electron chi connectivity index (χ4n) is 4.18. The Hall–Kier alpha value is -3.97. The van der Waals surface area contributed by atoms with Gasteiger partial charge in [-0.3, -0.25) is 4.79 Å². The van der Waals surface area contributed by atoms with Gasteiger partial charge in [-0.15, -0.1) is 5.10 Å². The zero-order valence-electron chi connectivity index (χ0n) is 20.7. The van der Waals surface area contributed by atoms with Crippen LogP contribution in [0.15, 0.2) is 29.5 Å². The van der Waals surface area contributed by atoms with Gasteiger partial charge in [0.25, 0.3) is 6.43 Å². The average Bonchev–Trinajstić information content (AvgIpc) is 3.27. The lowest BCUT2D eigenvalue weighted by Crippen LogP contribution is -2.49. The number of nitrogens with one attached hydrogen (secondary N) is 4. The standard InChI is InChI=1S/C23H29F3N10O/c1-12(2)29-22-20-14(16-4-5-18(33-27)21(30-16)28-10-19(25)26)6-9-36(20)34-23(32-22)31-17-7-8-35(13(3)37)11-15(17)24/h4-6,9,12,15,17,19,27H,7-8,10-11H2,1-3H3,(H,28,30)(H2,29,31,32,34)/t15-,17+/m1/s1. The second-order valence-corrected chi connectivity index (χ2v) is 9.07. The normalized spacial score (nSPS) is 17.9. The first-order valence-electron chi connectivity index (χ1n) is 11.9. The van der Waals surface area contributed by atoms with E-state index in [2.05, 4.69) is 36.1 Å². The molecule has 37 heavy (non-hydrogen) atoms. The number of anilines is 3. The largest absolute Gasteiger partial charge is 0.366 e. The molecule has 0 aliphatic carbocycles. The molecule has 0 unspecified atom stereocenters. The number of hydrogen-bond donors (Lipinski definition) is 4. The Morgan fingerprint density at radius 1 is 1.24 bits per heavy atom. The van der Waals surface area contributed by atoms with E-state index in [1.165, 1.54) is 17.9 Å². The van der Waals surface area contributed by atoms with Crippen LogP contribution in [0.4, 0.5) is 36.4 Å². The molecule has 1 saturated heterocycles. The van der Waals surface area contributed by atoms with Gasteiger partial charge in [-0.1, -0.05) is 0 Å². The molecule has 1 amide bonds. The Labute approximate surface area is 211 Å². The molecule has 1 aliphatic heterocycles. The minimum absolute atomic E-state index is 0.00254. The molecule has 4 rings (SSSR count). The second-order valence-electron chi connectivity index (χ2n) is 9.07. The van der Waals surface area contributed by atoms with Gasteiger partial charge in [0.05, 0.1) is 24.8 Å². The molecule has 14 heteroatoms. The van der Waals surface area contributed by atoms with Crippen LogP contribution in [0.2, 0.25) is 0 Å². The van der Waals surface area contributed by atoms with E-state index in [1.807, 2.05) is 13.8 Å². The van der Waals surface area contributed by atoms with Crippen LogP contribution in [0.1, 0.15) is 27.2 Å². The third-order valence-corrected chi connectivity index (χ3v) is 5.93. The Balaban J connectivity index is 1.69. The first kappa shape index (κ1) is 26.1. The van der Waals surface area contributed by atoms with Crippen molar-refractivity contribution in [3.8, 4) is 11.3 Å². The van der Waals surface area contributed by atoms with Crippen molar-refractivity contribution in [2.24, 2.45) is 5.11 Å².